The normalized spacial score (nSPS) is 15.4. The van der Waals surface area contributed by atoms with Gasteiger partial charge in [0.15, 0.2) is 5.69 Å². The van der Waals surface area contributed by atoms with Crippen LogP contribution in [0.4, 0.5) is 13.2 Å². The molecule has 2 rings (SSSR count). The molecule has 1 aliphatic heterocycles. The van der Waals surface area contributed by atoms with E-state index in [0.717, 1.165) is 6.33 Å². The second-order valence-corrected chi connectivity index (χ2v) is 3.07. The SMILES string of the molecule is Cl.FC(F)(F)c1ncnc2c1CCNC2. The first-order valence-corrected chi connectivity index (χ1v) is 4.19. The van der Waals surface area contributed by atoms with Crippen LogP contribution in [0.15, 0.2) is 6.33 Å². The fraction of sp³-hybridized carbons (Fsp3) is 0.500. The Morgan fingerprint density at radius 1 is 1.27 bits per heavy atom. The molecule has 0 aliphatic carbocycles. The Bertz CT molecular complexity index is 353. The number of rotatable bonds is 0. The quantitative estimate of drug-likeness (QED) is 0.747. The fourth-order valence-electron chi connectivity index (χ4n) is 1.53. The molecule has 2 heterocycles. The van der Waals surface area contributed by atoms with E-state index < -0.39 is 11.9 Å². The first kappa shape index (κ1) is 12.2. The lowest BCUT2D eigenvalue weighted by molar-refractivity contribution is -0.142. The van der Waals surface area contributed by atoms with Crippen LogP contribution in [-0.2, 0) is 19.1 Å². The van der Waals surface area contributed by atoms with Crippen LogP contribution in [0.5, 0.6) is 0 Å². The van der Waals surface area contributed by atoms with Crippen molar-refractivity contribution in [3.8, 4) is 0 Å². The van der Waals surface area contributed by atoms with Gasteiger partial charge in [0.2, 0.25) is 0 Å². The molecule has 0 unspecified atom stereocenters. The van der Waals surface area contributed by atoms with Crippen molar-refractivity contribution in [1.29, 1.82) is 0 Å². The maximum atomic E-state index is 12.5. The highest BCUT2D eigenvalue weighted by Crippen LogP contribution is 2.31. The van der Waals surface area contributed by atoms with Crippen LogP contribution in [0, 0.1) is 0 Å². The van der Waals surface area contributed by atoms with Gasteiger partial charge in [0.1, 0.15) is 6.33 Å². The van der Waals surface area contributed by atoms with Gasteiger partial charge in [-0.05, 0) is 13.0 Å². The molecule has 1 aliphatic rings. The summed E-state index contributed by atoms with van der Waals surface area (Å²) in [5.41, 5.74) is -0.0960. The highest BCUT2D eigenvalue weighted by molar-refractivity contribution is 5.85. The second-order valence-electron chi connectivity index (χ2n) is 3.07. The van der Waals surface area contributed by atoms with Crippen LogP contribution in [0.2, 0.25) is 0 Å². The van der Waals surface area contributed by atoms with Crippen LogP contribution in [-0.4, -0.2) is 16.5 Å². The molecule has 1 aromatic heterocycles. The summed E-state index contributed by atoms with van der Waals surface area (Å²) in [6.45, 7) is 0.935. The van der Waals surface area contributed by atoms with Crippen LogP contribution in [0.25, 0.3) is 0 Å². The van der Waals surface area contributed by atoms with Crippen molar-refractivity contribution in [2.45, 2.75) is 19.1 Å². The number of alkyl halides is 3. The number of fused-ring (bicyclic) bond motifs is 1. The third-order valence-electron chi connectivity index (χ3n) is 2.15. The predicted octanol–water partition coefficient (Wildman–Crippen LogP) is 1.56. The largest absolute Gasteiger partial charge is 0.433 e. The smallest absolute Gasteiger partial charge is 0.311 e. The number of aromatic nitrogens is 2. The van der Waals surface area contributed by atoms with E-state index in [1.54, 1.807) is 0 Å². The number of hydrogen-bond donors (Lipinski definition) is 1. The number of hydrogen-bond acceptors (Lipinski definition) is 3. The molecule has 0 saturated heterocycles. The van der Waals surface area contributed by atoms with Gasteiger partial charge in [0.05, 0.1) is 5.69 Å². The van der Waals surface area contributed by atoms with Crippen LogP contribution < -0.4 is 5.32 Å². The van der Waals surface area contributed by atoms with E-state index >= 15 is 0 Å². The summed E-state index contributed by atoms with van der Waals surface area (Å²) in [5.74, 6) is 0. The summed E-state index contributed by atoms with van der Waals surface area (Å²) in [7, 11) is 0. The summed E-state index contributed by atoms with van der Waals surface area (Å²) in [6, 6.07) is 0. The lowest BCUT2D eigenvalue weighted by Gasteiger charge is -2.19. The average Bonchev–Trinajstić information content (AvgIpc) is 2.15. The third kappa shape index (κ3) is 2.38. The molecule has 0 fully saturated rings. The molecule has 0 atom stereocenters. The number of nitrogens with one attached hydrogen (secondary N) is 1. The molecule has 0 radical (unpaired) electrons. The summed E-state index contributed by atoms with van der Waals surface area (Å²) in [5, 5.41) is 2.96. The van der Waals surface area contributed by atoms with Gasteiger partial charge in [-0.3, -0.25) is 0 Å². The molecular weight excluding hydrogens is 231 g/mol. The lowest BCUT2D eigenvalue weighted by atomic mass is 10.0. The van der Waals surface area contributed by atoms with Gasteiger partial charge in [0, 0.05) is 12.1 Å². The van der Waals surface area contributed by atoms with E-state index in [0.29, 0.717) is 25.2 Å². The predicted molar refractivity (Wildman–Crippen MR) is 49.7 cm³/mol. The molecule has 7 heteroatoms. The van der Waals surface area contributed by atoms with Gasteiger partial charge in [-0.1, -0.05) is 0 Å². The topological polar surface area (TPSA) is 37.8 Å². The zero-order valence-electron chi connectivity index (χ0n) is 7.64. The highest BCUT2D eigenvalue weighted by Gasteiger charge is 2.36. The molecule has 0 amide bonds. The monoisotopic (exact) mass is 239 g/mol. The summed E-state index contributed by atoms with van der Waals surface area (Å²) < 4.78 is 37.4. The first-order chi connectivity index (χ1) is 6.59. The Morgan fingerprint density at radius 2 is 2.00 bits per heavy atom. The van der Waals surface area contributed by atoms with E-state index in [1.165, 1.54) is 0 Å². The minimum Gasteiger partial charge on any atom is -0.311 e. The molecular formula is C8H9ClF3N3. The standard InChI is InChI=1S/C8H8F3N3.ClH/c9-8(10,11)7-5-1-2-12-3-6(5)13-4-14-7;/h4,12H,1-3H2;1H. The Kier molecular flexibility index (Phi) is 3.51. The van der Waals surface area contributed by atoms with E-state index in [2.05, 4.69) is 15.3 Å². The van der Waals surface area contributed by atoms with Gasteiger partial charge in [-0.2, -0.15) is 13.2 Å². The van der Waals surface area contributed by atoms with Gasteiger partial charge >= 0.3 is 6.18 Å². The minimum absolute atomic E-state index is 0. The van der Waals surface area contributed by atoms with Crippen LogP contribution in [0.1, 0.15) is 17.0 Å². The maximum Gasteiger partial charge on any atom is 0.433 e. The van der Waals surface area contributed by atoms with Crippen molar-refractivity contribution < 1.29 is 13.2 Å². The second kappa shape index (κ2) is 4.32. The molecule has 15 heavy (non-hydrogen) atoms. The Labute approximate surface area is 90.5 Å². The van der Waals surface area contributed by atoms with Gasteiger partial charge < -0.3 is 5.32 Å². The molecule has 0 aromatic carbocycles. The zero-order valence-corrected chi connectivity index (χ0v) is 8.45. The Balaban J connectivity index is 0.00000112. The van der Waals surface area contributed by atoms with Crippen LogP contribution >= 0.6 is 12.4 Å². The Morgan fingerprint density at radius 3 is 2.67 bits per heavy atom. The summed E-state index contributed by atoms with van der Waals surface area (Å²) >= 11 is 0. The van der Waals surface area contributed by atoms with Gasteiger partial charge in [-0.25, -0.2) is 9.97 Å². The van der Waals surface area contributed by atoms with E-state index in [-0.39, 0.29) is 18.0 Å². The zero-order chi connectivity index (χ0) is 10.2. The summed E-state index contributed by atoms with van der Waals surface area (Å²) in [4.78, 5) is 7.12. The average molecular weight is 240 g/mol. The molecule has 0 saturated carbocycles. The molecule has 1 N–H and O–H groups in total. The molecule has 3 nitrogen and oxygen atoms in total. The van der Waals surface area contributed by atoms with E-state index in [1.807, 2.05) is 0 Å². The van der Waals surface area contributed by atoms with Crippen molar-refractivity contribution >= 4 is 12.4 Å². The molecule has 1 aromatic rings. The maximum absolute atomic E-state index is 12.5. The van der Waals surface area contributed by atoms with Crippen molar-refractivity contribution in [1.82, 2.24) is 15.3 Å². The lowest BCUT2D eigenvalue weighted by Crippen LogP contribution is -2.28. The van der Waals surface area contributed by atoms with Gasteiger partial charge in [-0.15, -0.1) is 12.4 Å². The van der Waals surface area contributed by atoms with E-state index in [9.17, 15) is 13.2 Å². The Hall–Kier alpha value is -0.880. The third-order valence-corrected chi connectivity index (χ3v) is 2.15. The molecule has 0 bridgehead atoms. The van der Waals surface area contributed by atoms with Crippen molar-refractivity contribution in [3.63, 3.8) is 0 Å². The minimum atomic E-state index is -4.37. The first-order valence-electron chi connectivity index (χ1n) is 4.19. The number of nitrogens with zero attached hydrogens (tertiary/aromatic N) is 2. The van der Waals surface area contributed by atoms with Crippen molar-refractivity contribution in [2.75, 3.05) is 6.54 Å². The number of halogens is 4. The van der Waals surface area contributed by atoms with Crippen LogP contribution in [0.3, 0.4) is 0 Å². The fourth-order valence-corrected chi connectivity index (χ4v) is 1.53. The van der Waals surface area contributed by atoms with Crippen molar-refractivity contribution in [2.24, 2.45) is 0 Å². The molecule has 0 spiro atoms. The van der Waals surface area contributed by atoms with E-state index in [4.69, 9.17) is 0 Å². The molecule has 84 valence electrons. The van der Waals surface area contributed by atoms with Crippen molar-refractivity contribution in [3.05, 3.63) is 23.3 Å². The highest BCUT2D eigenvalue weighted by atomic mass is 35.5. The summed E-state index contributed by atoms with van der Waals surface area (Å²) in [6.07, 6.45) is -3.07. The van der Waals surface area contributed by atoms with Gasteiger partial charge in [0.25, 0.3) is 0 Å².